The van der Waals surface area contributed by atoms with Crippen molar-refractivity contribution in [3.63, 3.8) is 0 Å². The summed E-state index contributed by atoms with van der Waals surface area (Å²) in [6.45, 7) is 0. The van der Waals surface area contributed by atoms with Gasteiger partial charge in [0.15, 0.2) is 10.7 Å². The summed E-state index contributed by atoms with van der Waals surface area (Å²) in [5, 5.41) is 0.868. The molecule has 2 aromatic heterocycles. The molecule has 3 N–H and O–H groups in total. The van der Waals surface area contributed by atoms with Gasteiger partial charge in [0.2, 0.25) is 16.6 Å². The van der Waals surface area contributed by atoms with Gasteiger partial charge >= 0.3 is 0 Å². The smallest absolute Gasteiger partial charge is 0.250 e. The molecule has 0 atom stereocenters. The van der Waals surface area contributed by atoms with E-state index in [4.69, 9.17) is 12.2 Å². The molecule has 2 rings (SSSR count). The molecule has 0 saturated carbocycles. The van der Waals surface area contributed by atoms with Crippen LogP contribution in [-0.2, 0) is 0 Å². The number of fused-ring (bicyclic) bond motifs is 1. The monoisotopic (exact) mass is 199 g/mol. The molecule has 2 heterocycles. The molecule has 4 nitrogen and oxygen atoms in total. The Hall–Kier alpha value is -0.880. The van der Waals surface area contributed by atoms with E-state index >= 15 is 0 Å². The summed E-state index contributed by atoms with van der Waals surface area (Å²) in [5.41, 5.74) is 1.65. The lowest BCUT2D eigenvalue weighted by atomic mass is 10.6. The average molecular weight is 199 g/mol. The van der Waals surface area contributed by atoms with Gasteiger partial charge in [-0.15, -0.1) is 0 Å². The minimum Gasteiger partial charge on any atom is -0.325 e. The van der Waals surface area contributed by atoms with Crippen LogP contribution in [0.3, 0.4) is 0 Å². The molecule has 0 bridgehead atoms. The second kappa shape index (κ2) is 2.87. The molecule has 2 aromatic rings. The van der Waals surface area contributed by atoms with Crippen LogP contribution in [0.1, 0.15) is 0 Å². The highest BCUT2D eigenvalue weighted by Gasteiger charge is 2.06. The number of aromatic nitrogens is 4. The van der Waals surface area contributed by atoms with Gasteiger partial charge in [-0.1, -0.05) is 11.8 Å². The van der Waals surface area contributed by atoms with Crippen molar-refractivity contribution >= 4 is 35.1 Å². The number of aromatic amines is 3. The van der Waals surface area contributed by atoms with Crippen LogP contribution < -0.4 is 4.98 Å². The van der Waals surface area contributed by atoms with E-state index in [-0.39, 0.29) is 0 Å². The van der Waals surface area contributed by atoms with Gasteiger partial charge in [-0.25, -0.2) is 9.97 Å². The SMILES string of the molecule is CSc1nc2[nH]c[nH+]c(=S)c2[nH]1. The molecule has 0 spiro atoms. The zero-order valence-electron chi connectivity index (χ0n) is 6.34. The lowest BCUT2D eigenvalue weighted by molar-refractivity contribution is -0.388. The van der Waals surface area contributed by atoms with E-state index in [1.807, 2.05) is 6.26 Å². The highest BCUT2D eigenvalue weighted by Crippen LogP contribution is 2.13. The Labute approximate surface area is 77.8 Å². The molecule has 0 aliphatic carbocycles. The Morgan fingerprint density at radius 1 is 1.67 bits per heavy atom. The van der Waals surface area contributed by atoms with Crippen molar-refractivity contribution in [1.29, 1.82) is 0 Å². The summed E-state index contributed by atoms with van der Waals surface area (Å²) in [6.07, 6.45) is 3.64. The van der Waals surface area contributed by atoms with Crippen LogP contribution in [-0.4, -0.2) is 21.2 Å². The van der Waals surface area contributed by atoms with Gasteiger partial charge in [-0.05, 0) is 18.5 Å². The minimum absolute atomic E-state index is 0.677. The molecule has 0 aromatic carbocycles. The van der Waals surface area contributed by atoms with E-state index in [1.165, 1.54) is 0 Å². The highest BCUT2D eigenvalue weighted by atomic mass is 32.2. The number of nitrogens with zero attached hydrogens (tertiary/aromatic N) is 1. The molecule has 0 saturated heterocycles. The summed E-state index contributed by atoms with van der Waals surface area (Å²) in [5.74, 6) is 0. The van der Waals surface area contributed by atoms with E-state index in [1.54, 1.807) is 18.1 Å². The minimum atomic E-state index is 0.677. The third-order valence-electron chi connectivity index (χ3n) is 1.51. The maximum absolute atomic E-state index is 5.06. The molecule has 0 aliphatic heterocycles. The van der Waals surface area contributed by atoms with Gasteiger partial charge in [-0.3, -0.25) is 0 Å². The highest BCUT2D eigenvalue weighted by molar-refractivity contribution is 7.98. The third kappa shape index (κ3) is 1.12. The summed E-state index contributed by atoms with van der Waals surface area (Å²) >= 11 is 6.62. The molecular formula is C6H7N4S2+. The van der Waals surface area contributed by atoms with Crippen molar-refractivity contribution in [2.75, 3.05) is 6.26 Å². The molecule has 0 unspecified atom stereocenters. The van der Waals surface area contributed by atoms with E-state index in [0.717, 1.165) is 16.3 Å². The van der Waals surface area contributed by atoms with Crippen molar-refractivity contribution in [3.05, 3.63) is 11.0 Å². The van der Waals surface area contributed by atoms with Crippen molar-refractivity contribution in [2.24, 2.45) is 0 Å². The largest absolute Gasteiger partial charge is 0.325 e. The predicted molar refractivity (Wildman–Crippen MR) is 49.6 cm³/mol. The molecular weight excluding hydrogens is 192 g/mol. The first-order valence-corrected chi connectivity index (χ1v) is 4.97. The van der Waals surface area contributed by atoms with Crippen molar-refractivity contribution in [1.82, 2.24) is 15.0 Å². The van der Waals surface area contributed by atoms with Gasteiger partial charge in [0.25, 0.3) is 0 Å². The summed E-state index contributed by atoms with van der Waals surface area (Å²) in [4.78, 5) is 13.2. The Morgan fingerprint density at radius 2 is 2.50 bits per heavy atom. The molecule has 0 amide bonds. The van der Waals surface area contributed by atoms with Gasteiger partial charge in [0.1, 0.15) is 0 Å². The normalized spacial score (nSPS) is 10.8. The third-order valence-corrected chi connectivity index (χ3v) is 2.42. The Morgan fingerprint density at radius 3 is 3.17 bits per heavy atom. The maximum Gasteiger partial charge on any atom is 0.250 e. The molecule has 0 radical (unpaired) electrons. The molecule has 0 fully saturated rings. The predicted octanol–water partition coefficient (Wildman–Crippen LogP) is 1.16. The van der Waals surface area contributed by atoms with Crippen LogP contribution in [0.5, 0.6) is 0 Å². The number of thioether (sulfide) groups is 1. The first kappa shape index (κ1) is 7.75. The number of hydrogen-bond donors (Lipinski definition) is 2. The lowest BCUT2D eigenvalue weighted by Gasteiger charge is -1.80. The van der Waals surface area contributed by atoms with Crippen molar-refractivity contribution < 1.29 is 4.98 Å². The van der Waals surface area contributed by atoms with Crippen LogP contribution in [0.4, 0.5) is 0 Å². The number of imidazole rings is 1. The van der Waals surface area contributed by atoms with Crippen LogP contribution in [0.25, 0.3) is 11.2 Å². The second-order valence-corrected chi connectivity index (χ2v) is 3.44. The zero-order valence-corrected chi connectivity index (χ0v) is 7.97. The summed E-state index contributed by atoms with van der Waals surface area (Å²) in [6, 6.07) is 0. The fourth-order valence-electron chi connectivity index (χ4n) is 0.959. The molecule has 62 valence electrons. The van der Waals surface area contributed by atoms with Gasteiger partial charge in [-0.2, -0.15) is 4.98 Å². The van der Waals surface area contributed by atoms with Crippen molar-refractivity contribution in [2.45, 2.75) is 5.16 Å². The number of nitrogens with one attached hydrogen (secondary N) is 3. The summed E-state index contributed by atoms with van der Waals surface area (Å²) < 4.78 is 0.677. The fourth-order valence-corrected chi connectivity index (χ4v) is 1.55. The standard InChI is InChI=1S/C6H6N4S2/c1-12-6-9-3-4(10-6)7-2-8-5(3)11/h2H,1H3,(H2,7,8,9,10,11)/p+1. The topological polar surface area (TPSA) is 58.6 Å². The molecule has 0 aliphatic rings. The van der Waals surface area contributed by atoms with Crippen LogP contribution in [0.2, 0.25) is 0 Å². The number of H-pyrrole nitrogens is 3. The molecule has 12 heavy (non-hydrogen) atoms. The second-order valence-electron chi connectivity index (χ2n) is 2.23. The van der Waals surface area contributed by atoms with Crippen LogP contribution in [0.15, 0.2) is 11.5 Å². The zero-order chi connectivity index (χ0) is 8.55. The van der Waals surface area contributed by atoms with Gasteiger partial charge in [0.05, 0.1) is 0 Å². The fraction of sp³-hybridized carbons (Fsp3) is 0.167. The van der Waals surface area contributed by atoms with Crippen LogP contribution in [0, 0.1) is 4.64 Å². The van der Waals surface area contributed by atoms with Gasteiger partial charge in [0, 0.05) is 0 Å². The first-order chi connectivity index (χ1) is 5.81. The van der Waals surface area contributed by atoms with Crippen LogP contribution >= 0.6 is 24.0 Å². The van der Waals surface area contributed by atoms with E-state index < -0.39 is 0 Å². The quantitative estimate of drug-likeness (QED) is 0.535. The Balaban J connectivity index is 2.83. The number of rotatable bonds is 1. The Kier molecular flexibility index (Phi) is 1.86. The van der Waals surface area contributed by atoms with E-state index in [0.29, 0.717) is 4.64 Å². The van der Waals surface area contributed by atoms with Crippen molar-refractivity contribution in [3.8, 4) is 0 Å². The lowest BCUT2D eigenvalue weighted by Crippen LogP contribution is -2.03. The van der Waals surface area contributed by atoms with E-state index in [9.17, 15) is 0 Å². The molecule has 6 heteroatoms. The van der Waals surface area contributed by atoms with Gasteiger partial charge < -0.3 is 4.98 Å². The van der Waals surface area contributed by atoms with E-state index in [2.05, 4.69) is 19.9 Å². The number of hydrogen-bond acceptors (Lipinski definition) is 3. The Bertz CT molecular complexity index is 458. The average Bonchev–Trinajstić information content (AvgIpc) is 2.49. The maximum atomic E-state index is 5.06. The summed E-state index contributed by atoms with van der Waals surface area (Å²) in [7, 11) is 0. The first-order valence-electron chi connectivity index (χ1n) is 3.34.